The third kappa shape index (κ3) is 3.03. The van der Waals surface area contributed by atoms with Gasteiger partial charge in [-0.05, 0) is 24.1 Å². The maximum atomic E-state index is 12.9. The first-order valence-corrected chi connectivity index (χ1v) is 5.19. The van der Waals surface area contributed by atoms with Crippen LogP contribution >= 0.6 is 0 Å². The van der Waals surface area contributed by atoms with Crippen molar-refractivity contribution in [1.82, 2.24) is 0 Å². The zero-order chi connectivity index (χ0) is 11.4. The molecule has 16 heavy (non-hydrogen) atoms. The summed E-state index contributed by atoms with van der Waals surface area (Å²) in [5, 5.41) is 2.97. The molecule has 1 heterocycles. The van der Waals surface area contributed by atoms with Gasteiger partial charge in [0, 0.05) is 18.3 Å². The number of nitrogens with one attached hydrogen (secondary N) is 1. The topological polar surface area (TPSA) is 21.3 Å². The lowest BCUT2D eigenvalue weighted by Gasteiger charge is -2.14. The summed E-state index contributed by atoms with van der Waals surface area (Å²) in [5.74, 6) is -1.15. The number of ether oxygens (including phenoxy) is 1. The largest absolute Gasteiger partial charge is 0.381 e. The SMILES string of the molecule is Fc1cc(F)cc(NCC2=CCCOC2)c1. The molecule has 0 aliphatic carbocycles. The van der Waals surface area contributed by atoms with Crippen LogP contribution in [0.2, 0.25) is 0 Å². The van der Waals surface area contributed by atoms with Crippen LogP contribution in [0.3, 0.4) is 0 Å². The van der Waals surface area contributed by atoms with Gasteiger partial charge in [0.1, 0.15) is 11.6 Å². The third-order valence-electron chi connectivity index (χ3n) is 2.36. The molecule has 0 saturated carbocycles. The summed E-state index contributed by atoms with van der Waals surface area (Å²) < 4.78 is 31.0. The van der Waals surface area contributed by atoms with E-state index in [0.717, 1.165) is 24.7 Å². The van der Waals surface area contributed by atoms with Crippen molar-refractivity contribution < 1.29 is 13.5 Å². The summed E-state index contributed by atoms with van der Waals surface area (Å²) >= 11 is 0. The number of anilines is 1. The van der Waals surface area contributed by atoms with Gasteiger partial charge in [-0.15, -0.1) is 0 Å². The first-order chi connectivity index (χ1) is 7.74. The number of halogens is 2. The van der Waals surface area contributed by atoms with Gasteiger partial charge in [0.15, 0.2) is 0 Å². The van der Waals surface area contributed by atoms with Crippen molar-refractivity contribution in [3.63, 3.8) is 0 Å². The van der Waals surface area contributed by atoms with Gasteiger partial charge in [-0.3, -0.25) is 0 Å². The second kappa shape index (κ2) is 5.07. The highest BCUT2D eigenvalue weighted by molar-refractivity contribution is 5.44. The summed E-state index contributed by atoms with van der Waals surface area (Å²) in [6.07, 6.45) is 2.99. The Labute approximate surface area is 92.9 Å². The predicted octanol–water partition coefficient (Wildman–Crippen LogP) is 2.72. The quantitative estimate of drug-likeness (QED) is 0.798. The van der Waals surface area contributed by atoms with E-state index in [1.807, 2.05) is 0 Å². The van der Waals surface area contributed by atoms with Crippen LogP contribution < -0.4 is 5.32 Å². The molecule has 0 fully saturated rings. The van der Waals surface area contributed by atoms with E-state index in [-0.39, 0.29) is 0 Å². The van der Waals surface area contributed by atoms with Crippen molar-refractivity contribution in [3.8, 4) is 0 Å². The van der Waals surface area contributed by atoms with Gasteiger partial charge in [-0.1, -0.05) is 6.08 Å². The van der Waals surface area contributed by atoms with E-state index in [0.29, 0.717) is 18.8 Å². The number of hydrogen-bond acceptors (Lipinski definition) is 2. The normalized spacial score (nSPS) is 15.8. The van der Waals surface area contributed by atoms with Gasteiger partial charge in [-0.25, -0.2) is 8.78 Å². The van der Waals surface area contributed by atoms with Gasteiger partial charge >= 0.3 is 0 Å². The summed E-state index contributed by atoms with van der Waals surface area (Å²) in [6.45, 7) is 1.89. The first kappa shape index (κ1) is 11.1. The minimum atomic E-state index is -0.573. The molecule has 1 aliphatic heterocycles. The molecule has 2 rings (SSSR count). The van der Waals surface area contributed by atoms with Crippen LogP contribution in [-0.4, -0.2) is 19.8 Å². The lowest BCUT2D eigenvalue weighted by Crippen LogP contribution is -2.14. The number of benzene rings is 1. The molecule has 0 spiro atoms. The Morgan fingerprint density at radius 3 is 2.56 bits per heavy atom. The van der Waals surface area contributed by atoms with Gasteiger partial charge < -0.3 is 10.1 Å². The highest BCUT2D eigenvalue weighted by atomic mass is 19.1. The van der Waals surface area contributed by atoms with Crippen molar-refractivity contribution in [2.24, 2.45) is 0 Å². The third-order valence-corrected chi connectivity index (χ3v) is 2.36. The molecule has 0 atom stereocenters. The molecule has 1 aromatic carbocycles. The molecule has 0 aromatic heterocycles. The van der Waals surface area contributed by atoms with Crippen LogP contribution in [0.15, 0.2) is 29.8 Å². The van der Waals surface area contributed by atoms with Crippen LogP contribution in [0, 0.1) is 11.6 Å². The minimum absolute atomic E-state index is 0.448. The lowest BCUT2D eigenvalue weighted by atomic mass is 10.2. The standard InChI is InChI=1S/C12H13F2NO/c13-10-4-11(14)6-12(5-10)15-7-9-2-1-3-16-8-9/h2,4-6,15H,1,3,7-8H2. The first-order valence-electron chi connectivity index (χ1n) is 5.19. The van der Waals surface area contributed by atoms with E-state index in [9.17, 15) is 8.78 Å². The van der Waals surface area contributed by atoms with Crippen LogP contribution in [0.4, 0.5) is 14.5 Å². The number of rotatable bonds is 3. The van der Waals surface area contributed by atoms with Crippen LogP contribution in [0.5, 0.6) is 0 Å². The summed E-state index contributed by atoms with van der Waals surface area (Å²) in [5.41, 5.74) is 1.56. The Kier molecular flexibility index (Phi) is 3.51. The fraction of sp³-hybridized carbons (Fsp3) is 0.333. The van der Waals surface area contributed by atoms with Crippen LogP contribution in [0.1, 0.15) is 6.42 Å². The van der Waals surface area contributed by atoms with Crippen molar-refractivity contribution >= 4 is 5.69 Å². The molecule has 0 radical (unpaired) electrons. The summed E-state index contributed by atoms with van der Waals surface area (Å²) in [4.78, 5) is 0. The Morgan fingerprint density at radius 2 is 1.94 bits per heavy atom. The Bertz CT molecular complexity index is 384. The van der Waals surface area contributed by atoms with Crippen LogP contribution in [-0.2, 0) is 4.74 Å². The van der Waals surface area contributed by atoms with Gasteiger partial charge in [0.25, 0.3) is 0 Å². The minimum Gasteiger partial charge on any atom is -0.381 e. The molecule has 0 bridgehead atoms. The van der Waals surface area contributed by atoms with E-state index >= 15 is 0 Å². The average Bonchev–Trinajstić information content (AvgIpc) is 2.27. The zero-order valence-corrected chi connectivity index (χ0v) is 8.80. The molecular formula is C12H13F2NO. The average molecular weight is 225 g/mol. The summed E-state index contributed by atoms with van der Waals surface area (Å²) in [6, 6.07) is 3.40. The smallest absolute Gasteiger partial charge is 0.128 e. The lowest BCUT2D eigenvalue weighted by molar-refractivity contribution is 0.150. The van der Waals surface area contributed by atoms with Crippen LogP contribution in [0.25, 0.3) is 0 Å². The van der Waals surface area contributed by atoms with Crippen molar-refractivity contribution in [3.05, 3.63) is 41.5 Å². The molecule has 1 aliphatic rings. The van der Waals surface area contributed by atoms with Gasteiger partial charge in [-0.2, -0.15) is 0 Å². The highest BCUT2D eigenvalue weighted by Gasteiger charge is 2.04. The Morgan fingerprint density at radius 1 is 1.19 bits per heavy atom. The van der Waals surface area contributed by atoms with E-state index < -0.39 is 11.6 Å². The zero-order valence-electron chi connectivity index (χ0n) is 8.80. The fourth-order valence-electron chi connectivity index (χ4n) is 1.60. The molecule has 1 aromatic rings. The molecule has 1 N–H and O–H groups in total. The monoisotopic (exact) mass is 225 g/mol. The van der Waals surface area contributed by atoms with Crippen molar-refractivity contribution in [1.29, 1.82) is 0 Å². The van der Waals surface area contributed by atoms with Crippen molar-refractivity contribution in [2.45, 2.75) is 6.42 Å². The van der Waals surface area contributed by atoms with Gasteiger partial charge in [0.05, 0.1) is 13.2 Å². The molecular weight excluding hydrogens is 212 g/mol. The molecule has 4 heteroatoms. The fourth-order valence-corrected chi connectivity index (χ4v) is 1.60. The van der Waals surface area contributed by atoms with Gasteiger partial charge in [0.2, 0.25) is 0 Å². The van der Waals surface area contributed by atoms with Crippen molar-refractivity contribution in [2.75, 3.05) is 25.1 Å². The number of hydrogen-bond donors (Lipinski definition) is 1. The maximum absolute atomic E-state index is 12.9. The molecule has 0 amide bonds. The second-order valence-corrected chi connectivity index (χ2v) is 3.72. The molecule has 2 nitrogen and oxygen atoms in total. The molecule has 86 valence electrons. The molecule has 0 saturated heterocycles. The highest BCUT2D eigenvalue weighted by Crippen LogP contribution is 2.14. The molecule has 0 unspecified atom stereocenters. The Hall–Kier alpha value is -1.42. The summed E-state index contributed by atoms with van der Waals surface area (Å²) in [7, 11) is 0. The van der Waals surface area contributed by atoms with E-state index in [4.69, 9.17) is 4.74 Å². The second-order valence-electron chi connectivity index (χ2n) is 3.72. The van der Waals surface area contributed by atoms with E-state index in [1.165, 1.54) is 12.1 Å². The predicted molar refractivity (Wildman–Crippen MR) is 58.4 cm³/mol. The van der Waals surface area contributed by atoms with E-state index in [1.54, 1.807) is 0 Å². The maximum Gasteiger partial charge on any atom is 0.128 e. The van der Waals surface area contributed by atoms with E-state index in [2.05, 4.69) is 11.4 Å². The Balaban J connectivity index is 1.96.